The van der Waals surface area contributed by atoms with Crippen molar-refractivity contribution in [3.05, 3.63) is 58.7 Å². The molecule has 3 rings (SSSR count). The average Bonchev–Trinajstić information content (AvgIpc) is 3.16. The van der Waals surface area contributed by atoms with Gasteiger partial charge < -0.3 is 20.7 Å². The summed E-state index contributed by atoms with van der Waals surface area (Å²) >= 11 is 0. The van der Waals surface area contributed by atoms with Gasteiger partial charge in [-0.25, -0.2) is 4.79 Å². The number of hydrogen-bond acceptors (Lipinski definition) is 6. The van der Waals surface area contributed by atoms with Crippen molar-refractivity contribution in [2.45, 2.75) is 20.4 Å². The molecule has 6 nitrogen and oxygen atoms in total. The predicted octanol–water partition coefficient (Wildman–Crippen LogP) is 3.07. The van der Waals surface area contributed by atoms with Crippen LogP contribution in [0, 0.1) is 13.8 Å². The molecule has 2 aromatic rings. The van der Waals surface area contributed by atoms with E-state index in [0.717, 1.165) is 47.1 Å². The Morgan fingerprint density at radius 1 is 1.19 bits per heavy atom. The van der Waals surface area contributed by atoms with Crippen molar-refractivity contribution < 1.29 is 9.53 Å². The summed E-state index contributed by atoms with van der Waals surface area (Å²) in [6, 6.07) is 11.7. The van der Waals surface area contributed by atoms with Crippen molar-refractivity contribution in [2.24, 2.45) is 4.99 Å². The summed E-state index contributed by atoms with van der Waals surface area (Å²) in [6.45, 7) is 6.55. The van der Waals surface area contributed by atoms with Crippen LogP contribution in [0.4, 0.5) is 11.4 Å². The highest BCUT2D eigenvalue weighted by molar-refractivity contribution is 5.96. The standard InChI is InChI=1S/C20H24N4O2/c1-13-10-17(11-14(2)18(13)24-20-21-8-9-22-20)23-12-15-4-6-16(7-5-15)19(25)26-3/h4-7,10-11,23H,8-9,12H2,1-3H3,(H2,21,22,24). The van der Waals surface area contributed by atoms with E-state index in [-0.39, 0.29) is 5.97 Å². The first-order chi connectivity index (χ1) is 12.6. The number of ether oxygens (including phenoxy) is 1. The smallest absolute Gasteiger partial charge is 0.337 e. The Morgan fingerprint density at radius 2 is 1.88 bits per heavy atom. The first-order valence-electron chi connectivity index (χ1n) is 8.64. The molecule has 0 saturated carbocycles. The Morgan fingerprint density at radius 3 is 2.46 bits per heavy atom. The molecule has 6 heteroatoms. The van der Waals surface area contributed by atoms with Crippen LogP contribution in [-0.2, 0) is 11.3 Å². The fourth-order valence-electron chi connectivity index (χ4n) is 2.94. The van der Waals surface area contributed by atoms with Gasteiger partial charge in [-0.3, -0.25) is 4.99 Å². The largest absolute Gasteiger partial charge is 0.465 e. The van der Waals surface area contributed by atoms with E-state index in [9.17, 15) is 4.79 Å². The molecule has 136 valence electrons. The zero-order valence-corrected chi connectivity index (χ0v) is 15.3. The van der Waals surface area contributed by atoms with Crippen LogP contribution in [0.5, 0.6) is 0 Å². The molecule has 0 amide bonds. The number of anilines is 2. The van der Waals surface area contributed by atoms with Gasteiger partial charge in [0.2, 0.25) is 0 Å². The number of rotatable bonds is 5. The molecular weight excluding hydrogens is 328 g/mol. The lowest BCUT2D eigenvalue weighted by Crippen LogP contribution is -2.26. The van der Waals surface area contributed by atoms with Gasteiger partial charge in [0.05, 0.1) is 19.2 Å². The maximum atomic E-state index is 11.5. The van der Waals surface area contributed by atoms with Crippen molar-refractivity contribution in [2.75, 3.05) is 30.8 Å². The number of aliphatic imine (C=N–C) groups is 1. The van der Waals surface area contributed by atoms with Crippen LogP contribution < -0.4 is 16.0 Å². The molecule has 1 heterocycles. The highest BCUT2D eigenvalue weighted by Gasteiger charge is 2.10. The molecule has 0 saturated heterocycles. The van der Waals surface area contributed by atoms with Crippen LogP contribution in [0.3, 0.4) is 0 Å². The lowest BCUT2D eigenvalue weighted by Gasteiger charge is -2.16. The molecule has 0 radical (unpaired) electrons. The van der Waals surface area contributed by atoms with Gasteiger partial charge in [-0.15, -0.1) is 0 Å². The summed E-state index contributed by atoms with van der Waals surface area (Å²) in [6.07, 6.45) is 0. The van der Waals surface area contributed by atoms with Crippen molar-refractivity contribution in [3.63, 3.8) is 0 Å². The van der Waals surface area contributed by atoms with E-state index in [1.54, 1.807) is 12.1 Å². The second-order valence-electron chi connectivity index (χ2n) is 6.31. The second-order valence-corrected chi connectivity index (χ2v) is 6.31. The summed E-state index contributed by atoms with van der Waals surface area (Å²) in [5.41, 5.74) is 6.12. The summed E-state index contributed by atoms with van der Waals surface area (Å²) in [5.74, 6) is 0.516. The molecular formula is C20H24N4O2. The van der Waals surface area contributed by atoms with E-state index in [1.165, 1.54) is 7.11 Å². The minimum Gasteiger partial charge on any atom is -0.465 e. The molecule has 2 aromatic carbocycles. The van der Waals surface area contributed by atoms with Crippen LogP contribution in [-0.4, -0.2) is 32.1 Å². The van der Waals surface area contributed by atoms with E-state index in [2.05, 4.69) is 46.9 Å². The van der Waals surface area contributed by atoms with Crippen LogP contribution in [0.25, 0.3) is 0 Å². The number of esters is 1. The van der Waals surface area contributed by atoms with Gasteiger partial charge in [0, 0.05) is 24.5 Å². The average molecular weight is 352 g/mol. The van der Waals surface area contributed by atoms with E-state index < -0.39 is 0 Å². The van der Waals surface area contributed by atoms with Crippen LogP contribution in [0.1, 0.15) is 27.0 Å². The number of carbonyl (C=O) groups excluding carboxylic acids is 1. The number of nitrogens with one attached hydrogen (secondary N) is 3. The monoisotopic (exact) mass is 352 g/mol. The van der Waals surface area contributed by atoms with E-state index >= 15 is 0 Å². The minimum atomic E-state index is -0.319. The Hall–Kier alpha value is -3.02. The van der Waals surface area contributed by atoms with Gasteiger partial charge in [-0.2, -0.15) is 0 Å². The minimum absolute atomic E-state index is 0.319. The number of nitrogens with zero attached hydrogens (tertiary/aromatic N) is 1. The van der Waals surface area contributed by atoms with Gasteiger partial charge >= 0.3 is 5.97 Å². The highest BCUT2D eigenvalue weighted by atomic mass is 16.5. The zero-order valence-electron chi connectivity index (χ0n) is 15.3. The third kappa shape index (κ3) is 4.14. The third-order valence-electron chi connectivity index (χ3n) is 4.32. The van der Waals surface area contributed by atoms with E-state index in [1.807, 2.05) is 12.1 Å². The molecule has 1 aliphatic rings. The molecule has 0 bridgehead atoms. The summed E-state index contributed by atoms with van der Waals surface area (Å²) in [7, 11) is 1.39. The lowest BCUT2D eigenvalue weighted by molar-refractivity contribution is 0.0600. The van der Waals surface area contributed by atoms with Gasteiger partial charge in [0.25, 0.3) is 0 Å². The zero-order chi connectivity index (χ0) is 18.5. The first kappa shape index (κ1) is 17.8. The van der Waals surface area contributed by atoms with E-state index in [4.69, 9.17) is 4.74 Å². The number of benzene rings is 2. The fourth-order valence-corrected chi connectivity index (χ4v) is 2.94. The number of hydrogen-bond donors (Lipinski definition) is 3. The Balaban J connectivity index is 1.65. The number of guanidine groups is 1. The lowest BCUT2D eigenvalue weighted by atomic mass is 10.1. The quantitative estimate of drug-likeness (QED) is 0.721. The molecule has 1 aliphatic heterocycles. The summed E-state index contributed by atoms with van der Waals surface area (Å²) in [4.78, 5) is 15.9. The molecule has 3 N–H and O–H groups in total. The molecule has 0 atom stereocenters. The molecule has 26 heavy (non-hydrogen) atoms. The van der Waals surface area contributed by atoms with E-state index in [0.29, 0.717) is 12.1 Å². The maximum Gasteiger partial charge on any atom is 0.337 e. The summed E-state index contributed by atoms with van der Waals surface area (Å²) in [5, 5.41) is 10.0. The van der Waals surface area contributed by atoms with Crippen LogP contribution in [0.2, 0.25) is 0 Å². The van der Waals surface area contributed by atoms with Crippen molar-refractivity contribution in [3.8, 4) is 0 Å². The highest BCUT2D eigenvalue weighted by Crippen LogP contribution is 2.25. The van der Waals surface area contributed by atoms with Gasteiger partial charge in [-0.1, -0.05) is 12.1 Å². The van der Waals surface area contributed by atoms with Gasteiger partial charge in [0.15, 0.2) is 5.96 Å². The van der Waals surface area contributed by atoms with Crippen molar-refractivity contribution in [1.29, 1.82) is 0 Å². The van der Waals surface area contributed by atoms with Crippen molar-refractivity contribution >= 4 is 23.3 Å². The van der Waals surface area contributed by atoms with Crippen molar-refractivity contribution in [1.82, 2.24) is 5.32 Å². The first-order valence-corrected chi connectivity index (χ1v) is 8.64. The molecule has 0 aromatic heterocycles. The normalized spacial score (nSPS) is 13.0. The Bertz CT molecular complexity index is 805. The number of carbonyl (C=O) groups is 1. The van der Waals surface area contributed by atoms with Crippen LogP contribution >= 0.6 is 0 Å². The third-order valence-corrected chi connectivity index (χ3v) is 4.32. The van der Waals surface area contributed by atoms with Gasteiger partial charge in [0.1, 0.15) is 0 Å². The SMILES string of the molecule is COC(=O)c1ccc(CNc2cc(C)c(NC3=NCCN3)c(C)c2)cc1. The second kappa shape index (κ2) is 7.91. The summed E-state index contributed by atoms with van der Waals surface area (Å²) < 4.78 is 4.72. The number of methoxy groups -OCH3 is 1. The molecule has 0 spiro atoms. The predicted molar refractivity (Wildman–Crippen MR) is 105 cm³/mol. The van der Waals surface area contributed by atoms with Gasteiger partial charge in [-0.05, 0) is 54.8 Å². The molecule has 0 unspecified atom stereocenters. The fraction of sp³-hybridized carbons (Fsp3) is 0.300. The topological polar surface area (TPSA) is 74.8 Å². The van der Waals surface area contributed by atoms with Crippen LogP contribution in [0.15, 0.2) is 41.4 Å². The molecule has 0 aliphatic carbocycles. The Labute approximate surface area is 153 Å². The molecule has 0 fully saturated rings. The maximum absolute atomic E-state index is 11.5. The Kier molecular flexibility index (Phi) is 5.41. The number of aryl methyl sites for hydroxylation is 2.